The van der Waals surface area contributed by atoms with Crippen molar-refractivity contribution in [3.05, 3.63) is 44.5 Å². The monoisotopic (exact) mass is 307 g/mol. The largest absolute Gasteiger partial charge is 0.340 e. The third-order valence-corrected chi connectivity index (χ3v) is 6.42. The quantitative estimate of drug-likeness (QED) is 0.498. The van der Waals surface area contributed by atoms with E-state index in [4.69, 9.17) is 0 Å². The van der Waals surface area contributed by atoms with Crippen molar-refractivity contribution < 1.29 is 0 Å². The van der Waals surface area contributed by atoms with Crippen LogP contribution in [0.4, 0.5) is 0 Å². The SMILES string of the molecule is CCn1c2c(C)c(C)c(C)c(C)c2c2c(C)c(C)c(C)c(C)c21. The van der Waals surface area contributed by atoms with Gasteiger partial charge < -0.3 is 4.57 Å². The van der Waals surface area contributed by atoms with E-state index in [1.165, 1.54) is 66.3 Å². The Balaban J connectivity index is 2.82. The zero-order valence-electron chi connectivity index (χ0n) is 16.2. The van der Waals surface area contributed by atoms with Crippen molar-refractivity contribution in [2.45, 2.75) is 68.9 Å². The highest BCUT2D eigenvalue weighted by Crippen LogP contribution is 2.41. The molecule has 3 rings (SSSR count). The van der Waals surface area contributed by atoms with Gasteiger partial charge in [-0.05, 0) is 107 Å². The number of aryl methyl sites for hydroxylation is 5. The molecule has 1 aromatic heterocycles. The molecule has 0 amide bonds. The van der Waals surface area contributed by atoms with Crippen LogP contribution in [0.1, 0.15) is 51.4 Å². The van der Waals surface area contributed by atoms with Crippen molar-refractivity contribution in [2.24, 2.45) is 0 Å². The van der Waals surface area contributed by atoms with Crippen molar-refractivity contribution in [3.8, 4) is 0 Å². The number of hydrogen-bond acceptors (Lipinski definition) is 0. The molecule has 0 aliphatic heterocycles. The molecule has 122 valence electrons. The summed E-state index contributed by atoms with van der Waals surface area (Å²) in [6.07, 6.45) is 0. The van der Waals surface area contributed by atoms with Crippen molar-refractivity contribution in [2.75, 3.05) is 0 Å². The topological polar surface area (TPSA) is 4.93 Å². The smallest absolute Gasteiger partial charge is 0.0526 e. The van der Waals surface area contributed by atoms with Gasteiger partial charge in [0.05, 0.1) is 11.0 Å². The van der Waals surface area contributed by atoms with Crippen LogP contribution in [0.15, 0.2) is 0 Å². The summed E-state index contributed by atoms with van der Waals surface area (Å²) in [6, 6.07) is 0. The first-order valence-corrected chi connectivity index (χ1v) is 8.72. The van der Waals surface area contributed by atoms with Gasteiger partial charge in [0.15, 0.2) is 0 Å². The van der Waals surface area contributed by atoms with E-state index in [9.17, 15) is 0 Å². The Hall–Kier alpha value is -1.76. The Labute approximate surface area is 140 Å². The van der Waals surface area contributed by atoms with E-state index >= 15 is 0 Å². The number of nitrogens with zero attached hydrogens (tertiary/aromatic N) is 1. The van der Waals surface area contributed by atoms with Crippen molar-refractivity contribution >= 4 is 21.8 Å². The third-order valence-electron chi connectivity index (χ3n) is 6.42. The van der Waals surface area contributed by atoms with Crippen LogP contribution in [0, 0.1) is 55.4 Å². The fraction of sp³-hybridized carbons (Fsp3) is 0.455. The average Bonchev–Trinajstić information content (AvgIpc) is 2.89. The van der Waals surface area contributed by atoms with Crippen LogP contribution in [0.25, 0.3) is 21.8 Å². The van der Waals surface area contributed by atoms with Crippen LogP contribution < -0.4 is 0 Å². The van der Waals surface area contributed by atoms with Crippen LogP contribution in [0.3, 0.4) is 0 Å². The Morgan fingerprint density at radius 1 is 0.478 bits per heavy atom. The highest BCUT2D eigenvalue weighted by Gasteiger charge is 2.22. The summed E-state index contributed by atoms with van der Waals surface area (Å²) in [5.74, 6) is 0. The lowest BCUT2D eigenvalue weighted by Crippen LogP contribution is -2.01. The van der Waals surface area contributed by atoms with E-state index in [-0.39, 0.29) is 0 Å². The second-order valence-corrected chi connectivity index (χ2v) is 7.19. The second-order valence-electron chi connectivity index (χ2n) is 7.19. The minimum absolute atomic E-state index is 1.02. The minimum Gasteiger partial charge on any atom is -0.340 e. The van der Waals surface area contributed by atoms with E-state index in [0.717, 1.165) is 6.54 Å². The summed E-state index contributed by atoms with van der Waals surface area (Å²) < 4.78 is 2.55. The maximum Gasteiger partial charge on any atom is 0.0526 e. The molecule has 0 unspecified atom stereocenters. The first-order valence-electron chi connectivity index (χ1n) is 8.72. The van der Waals surface area contributed by atoms with Crippen LogP contribution >= 0.6 is 0 Å². The number of rotatable bonds is 1. The van der Waals surface area contributed by atoms with E-state index < -0.39 is 0 Å². The summed E-state index contributed by atoms with van der Waals surface area (Å²) in [7, 11) is 0. The van der Waals surface area contributed by atoms with Gasteiger partial charge in [-0.15, -0.1) is 0 Å². The predicted molar refractivity (Wildman–Crippen MR) is 103 cm³/mol. The molecular formula is C22H29N. The number of aromatic nitrogens is 1. The third kappa shape index (κ3) is 1.86. The van der Waals surface area contributed by atoms with Crippen molar-refractivity contribution in [1.29, 1.82) is 0 Å². The van der Waals surface area contributed by atoms with Crippen LogP contribution in [0.2, 0.25) is 0 Å². The van der Waals surface area contributed by atoms with E-state index in [1.807, 2.05) is 0 Å². The summed E-state index contributed by atoms with van der Waals surface area (Å²) in [6.45, 7) is 21.6. The summed E-state index contributed by atoms with van der Waals surface area (Å²) in [4.78, 5) is 0. The Morgan fingerprint density at radius 2 is 0.783 bits per heavy atom. The van der Waals surface area contributed by atoms with Gasteiger partial charge in [-0.1, -0.05) is 0 Å². The second kappa shape index (κ2) is 5.12. The molecule has 0 saturated carbocycles. The summed E-state index contributed by atoms with van der Waals surface area (Å²) >= 11 is 0. The minimum atomic E-state index is 1.02. The van der Waals surface area contributed by atoms with E-state index in [1.54, 1.807) is 0 Å². The summed E-state index contributed by atoms with van der Waals surface area (Å²) in [5, 5.41) is 2.96. The van der Waals surface area contributed by atoms with Crippen LogP contribution in [-0.4, -0.2) is 4.57 Å². The first kappa shape index (κ1) is 16.1. The Morgan fingerprint density at radius 3 is 1.09 bits per heavy atom. The number of hydrogen-bond donors (Lipinski definition) is 0. The van der Waals surface area contributed by atoms with Crippen LogP contribution in [-0.2, 0) is 6.54 Å². The average molecular weight is 307 g/mol. The molecule has 23 heavy (non-hydrogen) atoms. The fourth-order valence-electron chi connectivity index (χ4n) is 4.30. The zero-order valence-corrected chi connectivity index (χ0v) is 16.2. The van der Waals surface area contributed by atoms with Gasteiger partial charge in [0.1, 0.15) is 0 Å². The molecule has 0 N–H and O–H groups in total. The normalized spacial score (nSPS) is 11.9. The van der Waals surface area contributed by atoms with E-state index in [0.29, 0.717) is 0 Å². The molecule has 0 bridgehead atoms. The van der Waals surface area contributed by atoms with Crippen molar-refractivity contribution in [3.63, 3.8) is 0 Å². The van der Waals surface area contributed by atoms with E-state index in [2.05, 4.69) is 66.9 Å². The molecule has 1 nitrogen and oxygen atoms in total. The summed E-state index contributed by atoms with van der Waals surface area (Å²) in [5.41, 5.74) is 14.4. The van der Waals surface area contributed by atoms with Gasteiger partial charge in [0, 0.05) is 17.3 Å². The molecule has 3 aromatic rings. The number of benzene rings is 2. The molecule has 0 saturated heterocycles. The molecule has 1 heterocycles. The molecule has 0 radical (unpaired) electrons. The lowest BCUT2D eigenvalue weighted by atomic mass is 9.90. The predicted octanol–water partition coefficient (Wildman–Crippen LogP) is 6.28. The lowest BCUT2D eigenvalue weighted by molar-refractivity contribution is 0.820. The zero-order chi connectivity index (χ0) is 17.2. The molecule has 0 aliphatic rings. The Bertz CT molecular complexity index is 891. The van der Waals surface area contributed by atoms with Gasteiger partial charge in [-0.2, -0.15) is 0 Å². The molecule has 1 heteroatoms. The first-order chi connectivity index (χ1) is 10.7. The lowest BCUT2D eigenvalue weighted by Gasteiger charge is -2.14. The van der Waals surface area contributed by atoms with Gasteiger partial charge >= 0.3 is 0 Å². The standard InChI is InChI=1S/C22H29N/c1-10-23-21-17(8)13(4)11(2)15(6)19(21)20-16(7)12(3)14(5)18(9)22(20)23/h10H2,1-9H3. The fourth-order valence-corrected chi connectivity index (χ4v) is 4.30. The molecule has 0 spiro atoms. The highest BCUT2D eigenvalue weighted by atomic mass is 15.0. The van der Waals surface area contributed by atoms with Crippen LogP contribution in [0.5, 0.6) is 0 Å². The maximum atomic E-state index is 2.55. The molecule has 0 aliphatic carbocycles. The Kier molecular flexibility index (Phi) is 3.59. The van der Waals surface area contributed by atoms with Gasteiger partial charge in [-0.25, -0.2) is 0 Å². The molecular weight excluding hydrogens is 278 g/mol. The highest BCUT2D eigenvalue weighted by molar-refractivity contribution is 6.14. The van der Waals surface area contributed by atoms with Gasteiger partial charge in [0.25, 0.3) is 0 Å². The molecule has 2 aromatic carbocycles. The maximum absolute atomic E-state index is 2.55. The molecule has 0 fully saturated rings. The van der Waals surface area contributed by atoms with Gasteiger partial charge in [-0.3, -0.25) is 0 Å². The molecule has 0 atom stereocenters. The number of fused-ring (bicyclic) bond motifs is 3. The van der Waals surface area contributed by atoms with Gasteiger partial charge in [0.2, 0.25) is 0 Å². The van der Waals surface area contributed by atoms with Crippen molar-refractivity contribution in [1.82, 2.24) is 4.57 Å².